The number of alkyl carbamates (subject to hydrolysis) is 1. The van der Waals surface area contributed by atoms with E-state index < -0.39 is 23.7 Å². The number of hydrogen-bond donors (Lipinski definition) is 2. The third-order valence-electron chi connectivity index (χ3n) is 3.19. The molecular formula is C17H26N2O5S2. The first kappa shape index (κ1) is 22.3. The molecule has 0 bridgehead atoms. The zero-order valence-electron chi connectivity index (χ0n) is 15.5. The summed E-state index contributed by atoms with van der Waals surface area (Å²) < 4.78 is 5.06. The molecule has 1 unspecified atom stereocenters. The number of carboxylic acids is 1. The molecule has 1 aromatic heterocycles. The Kier molecular flexibility index (Phi) is 8.94. The topological polar surface area (TPSA) is 95.9 Å². The number of ether oxygens (including phenoxy) is 1. The summed E-state index contributed by atoms with van der Waals surface area (Å²) in [6.45, 7) is 5.67. The third kappa shape index (κ3) is 9.10. The number of rotatable bonds is 9. The Morgan fingerprint density at radius 2 is 2.08 bits per heavy atom. The van der Waals surface area contributed by atoms with Crippen LogP contribution in [0, 0.1) is 0 Å². The van der Waals surface area contributed by atoms with E-state index in [2.05, 4.69) is 5.32 Å². The molecule has 0 radical (unpaired) electrons. The smallest absolute Gasteiger partial charge is 0.408 e. The zero-order valence-corrected chi connectivity index (χ0v) is 17.1. The van der Waals surface area contributed by atoms with Crippen molar-refractivity contribution in [2.75, 3.05) is 18.6 Å². The zero-order chi connectivity index (χ0) is 19.7. The number of nitrogens with one attached hydrogen (secondary N) is 1. The van der Waals surface area contributed by atoms with Crippen LogP contribution < -0.4 is 5.32 Å². The molecule has 2 N–H and O–H groups in total. The summed E-state index contributed by atoms with van der Waals surface area (Å²) in [6.07, 6.45) is -0.553. The van der Waals surface area contributed by atoms with Gasteiger partial charge in [-0.2, -0.15) is 23.1 Å². The monoisotopic (exact) mass is 402 g/mol. The molecule has 7 nitrogen and oxygen atoms in total. The predicted octanol–water partition coefficient (Wildman–Crippen LogP) is 2.81. The Morgan fingerprint density at radius 3 is 2.62 bits per heavy atom. The Hall–Kier alpha value is -1.74. The summed E-state index contributed by atoms with van der Waals surface area (Å²) in [5.74, 6) is -0.449. The Labute approximate surface area is 162 Å². The van der Waals surface area contributed by atoms with E-state index >= 15 is 0 Å². The van der Waals surface area contributed by atoms with E-state index in [0.29, 0.717) is 12.3 Å². The van der Waals surface area contributed by atoms with Crippen LogP contribution in [0.2, 0.25) is 0 Å². The van der Waals surface area contributed by atoms with Gasteiger partial charge in [-0.05, 0) is 55.3 Å². The highest BCUT2D eigenvalue weighted by Gasteiger charge is 2.23. The first-order chi connectivity index (χ1) is 12.1. The fraction of sp³-hybridized carbons (Fsp3) is 0.588. The average Bonchev–Trinajstić information content (AvgIpc) is 3.00. The van der Waals surface area contributed by atoms with Crippen molar-refractivity contribution in [1.82, 2.24) is 10.2 Å². The molecule has 0 aromatic carbocycles. The first-order valence-electron chi connectivity index (χ1n) is 8.13. The van der Waals surface area contributed by atoms with Crippen LogP contribution in [0.4, 0.5) is 4.79 Å². The number of carboxylic acid groups (broad SMARTS) is 1. The number of thiophene rings is 1. The van der Waals surface area contributed by atoms with E-state index in [9.17, 15) is 19.5 Å². The second kappa shape index (κ2) is 10.4. The second-order valence-corrected chi connectivity index (χ2v) is 8.64. The Balaban J connectivity index is 2.32. The van der Waals surface area contributed by atoms with Crippen molar-refractivity contribution in [3.63, 3.8) is 0 Å². The number of aliphatic carboxylic acids is 1. The Bertz CT molecular complexity index is 599. The minimum Gasteiger partial charge on any atom is -0.480 e. The number of carbonyl (C=O) groups is 3. The first-order valence-corrected chi connectivity index (χ1v) is 10.2. The summed E-state index contributed by atoms with van der Waals surface area (Å²) in [6, 6.07) is 0.928. The fourth-order valence-corrected chi connectivity index (χ4v) is 3.52. The van der Waals surface area contributed by atoms with Crippen LogP contribution in [-0.4, -0.2) is 58.2 Å². The van der Waals surface area contributed by atoms with E-state index in [0.717, 1.165) is 5.56 Å². The van der Waals surface area contributed by atoms with Crippen molar-refractivity contribution < 1.29 is 24.2 Å². The fourth-order valence-electron chi connectivity index (χ4n) is 1.92. The van der Waals surface area contributed by atoms with Gasteiger partial charge in [-0.15, -0.1) is 0 Å². The summed E-state index contributed by atoms with van der Waals surface area (Å²) in [7, 11) is 1.74. The van der Waals surface area contributed by atoms with Gasteiger partial charge in [0.15, 0.2) is 0 Å². The molecule has 0 saturated carbocycles. The average molecular weight is 403 g/mol. The van der Waals surface area contributed by atoms with Gasteiger partial charge >= 0.3 is 12.1 Å². The summed E-state index contributed by atoms with van der Waals surface area (Å²) in [5.41, 5.74) is 0.393. The van der Waals surface area contributed by atoms with Crippen LogP contribution in [0.15, 0.2) is 16.8 Å². The number of carbonyl (C=O) groups excluding carboxylic acids is 2. The molecule has 0 spiro atoms. The van der Waals surface area contributed by atoms with E-state index in [-0.39, 0.29) is 18.1 Å². The van der Waals surface area contributed by atoms with Gasteiger partial charge < -0.3 is 20.1 Å². The van der Waals surface area contributed by atoms with Gasteiger partial charge in [0.25, 0.3) is 0 Å². The normalized spacial score (nSPS) is 12.3. The predicted molar refractivity (Wildman–Crippen MR) is 104 cm³/mol. The lowest BCUT2D eigenvalue weighted by Gasteiger charge is -2.22. The lowest BCUT2D eigenvalue weighted by atomic mass is 10.2. The lowest BCUT2D eigenvalue weighted by Crippen LogP contribution is -2.43. The summed E-state index contributed by atoms with van der Waals surface area (Å²) >= 11 is 2.93. The lowest BCUT2D eigenvalue weighted by molar-refractivity contribution is -0.139. The molecule has 1 rings (SSSR count). The number of nitrogens with zero attached hydrogens (tertiary/aromatic N) is 1. The number of thioether (sulfide) groups is 1. The highest BCUT2D eigenvalue weighted by atomic mass is 32.2. The third-order valence-corrected chi connectivity index (χ3v) is 4.90. The summed E-state index contributed by atoms with van der Waals surface area (Å²) in [4.78, 5) is 36.7. The molecule has 0 aliphatic rings. The Morgan fingerprint density at radius 1 is 1.38 bits per heavy atom. The summed E-state index contributed by atoms with van der Waals surface area (Å²) in [5, 5.41) is 15.5. The molecular weight excluding hydrogens is 376 g/mol. The van der Waals surface area contributed by atoms with Crippen LogP contribution in [0.3, 0.4) is 0 Å². The molecule has 0 fully saturated rings. The SMILES string of the molecule is CN(Cc1ccsc1)C(=O)CSCCC(NC(=O)OC(C)(C)C)C(=O)O. The van der Waals surface area contributed by atoms with Crippen LogP contribution in [0.1, 0.15) is 32.8 Å². The van der Waals surface area contributed by atoms with Crippen molar-refractivity contribution in [1.29, 1.82) is 0 Å². The molecule has 0 aliphatic heterocycles. The van der Waals surface area contributed by atoms with Crippen LogP contribution >= 0.6 is 23.1 Å². The van der Waals surface area contributed by atoms with Crippen molar-refractivity contribution >= 4 is 41.1 Å². The second-order valence-electron chi connectivity index (χ2n) is 6.76. The molecule has 0 saturated heterocycles. The molecule has 1 aromatic rings. The minimum atomic E-state index is -1.13. The van der Waals surface area contributed by atoms with Gasteiger partial charge in [0.05, 0.1) is 5.75 Å². The van der Waals surface area contributed by atoms with E-state index in [4.69, 9.17) is 4.74 Å². The minimum absolute atomic E-state index is 0.0202. The van der Waals surface area contributed by atoms with Gasteiger partial charge in [-0.25, -0.2) is 9.59 Å². The van der Waals surface area contributed by atoms with Gasteiger partial charge in [0.2, 0.25) is 5.91 Å². The molecule has 0 aliphatic carbocycles. The largest absolute Gasteiger partial charge is 0.480 e. The van der Waals surface area contributed by atoms with Crippen LogP contribution in [-0.2, 0) is 20.9 Å². The van der Waals surface area contributed by atoms with Gasteiger partial charge in [0.1, 0.15) is 11.6 Å². The van der Waals surface area contributed by atoms with E-state index in [1.165, 1.54) is 11.8 Å². The molecule has 1 atom stereocenters. The molecule has 1 heterocycles. The number of amides is 2. The van der Waals surface area contributed by atoms with Gasteiger partial charge in [0, 0.05) is 13.6 Å². The quantitative estimate of drug-likeness (QED) is 0.617. The van der Waals surface area contributed by atoms with E-state index in [1.807, 2.05) is 16.8 Å². The molecule has 9 heteroatoms. The van der Waals surface area contributed by atoms with Gasteiger partial charge in [-0.3, -0.25) is 4.79 Å². The highest BCUT2D eigenvalue weighted by molar-refractivity contribution is 7.99. The van der Waals surface area contributed by atoms with Gasteiger partial charge in [-0.1, -0.05) is 0 Å². The number of hydrogen-bond acceptors (Lipinski definition) is 6. The maximum absolute atomic E-state index is 12.1. The highest BCUT2D eigenvalue weighted by Crippen LogP contribution is 2.12. The van der Waals surface area contributed by atoms with Crippen LogP contribution in [0.5, 0.6) is 0 Å². The molecule has 146 valence electrons. The van der Waals surface area contributed by atoms with Crippen molar-refractivity contribution in [3.05, 3.63) is 22.4 Å². The van der Waals surface area contributed by atoms with Crippen molar-refractivity contribution in [2.24, 2.45) is 0 Å². The maximum Gasteiger partial charge on any atom is 0.408 e. The van der Waals surface area contributed by atoms with Crippen molar-refractivity contribution in [3.8, 4) is 0 Å². The standard InChI is InChI=1S/C17H26N2O5S2/c1-17(2,3)24-16(23)18-13(15(21)22)6-8-26-11-14(20)19(4)9-12-5-7-25-10-12/h5,7,10,13H,6,8-9,11H2,1-4H3,(H,18,23)(H,21,22). The van der Waals surface area contributed by atoms with Crippen LogP contribution in [0.25, 0.3) is 0 Å². The van der Waals surface area contributed by atoms with Crippen molar-refractivity contribution in [2.45, 2.75) is 45.4 Å². The van der Waals surface area contributed by atoms with E-state index in [1.54, 1.807) is 44.1 Å². The molecule has 2 amide bonds. The molecule has 26 heavy (non-hydrogen) atoms. The maximum atomic E-state index is 12.1.